The third kappa shape index (κ3) is 2.84. The zero-order valence-corrected chi connectivity index (χ0v) is 13.2. The fourth-order valence-electron chi connectivity index (χ4n) is 2.92. The molecule has 0 unspecified atom stereocenters. The van der Waals surface area contributed by atoms with E-state index in [4.69, 9.17) is 4.52 Å². The minimum absolute atomic E-state index is 0.00238. The Morgan fingerprint density at radius 1 is 1.32 bits per heavy atom. The fraction of sp³-hybridized carbons (Fsp3) is 0.412. The van der Waals surface area contributed by atoms with Gasteiger partial charge in [0.2, 0.25) is 0 Å². The molecular weight excluding hydrogens is 278 g/mol. The van der Waals surface area contributed by atoms with Gasteiger partial charge < -0.3 is 14.7 Å². The van der Waals surface area contributed by atoms with Crippen LogP contribution in [-0.4, -0.2) is 22.6 Å². The summed E-state index contributed by atoms with van der Waals surface area (Å²) in [6.07, 6.45) is 1.91. The van der Waals surface area contributed by atoms with Crippen LogP contribution in [0.15, 0.2) is 28.8 Å². The summed E-state index contributed by atoms with van der Waals surface area (Å²) in [5.41, 5.74) is 3.90. The molecule has 1 N–H and O–H groups in total. The number of carbonyl (C=O) groups is 1. The minimum Gasteiger partial charge on any atom is -0.361 e. The molecule has 0 bridgehead atoms. The number of nitrogens with zero attached hydrogens (tertiary/aromatic N) is 2. The van der Waals surface area contributed by atoms with E-state index >= 15 is 0 Å². The van der Waals surface area contributed by atoms with Gasteiger partial charge in [-0.05, 0) is 50.8 Å². The predicted molar refractivity (Wildman–Crippen MR) is 84.9 cm³/mol. The van der Waals surface area contributed by atoms with E-state index < -0.39 is 0 Å². The zero-order chi connectivity index (χ0) is 15.7. The number of carbonyl (C=O) groups excluding carboxylic acids is 1. The second-order valence-corrected chi connectivity index (χ2v) is 5.96. The van der Waals surface area contributed by atoms with Crippen LogP contribution in [0.5, 0.6) is 0 Å². The molecule has 5 nitrogen and oxygen atoms in total. The lowest BCUT2D eigenvalue weighted by atomic mass is 10.1. The van der Waals surface area contributed by atoms with Crippen LogP contribution in [0.4, 0.5) is 10.5 Å². The summed E-state index contributed by atoms with van der Waals surface area (Å²) in [5.74, 6) is 0.775. The Morgan fingerprint density at radius 2 is 2.14 bits per heavy atom. The van der Waals surface area contributed by atoms with Gasteiger partial charge in [0, 0.05) is 18.3 Å². The summed E-state index contributed by atoms with van der Waals surface area (Å²) in [4.78, 5) is 14.5. The molecule has 2 amide bonds. The molecule has 116 valence electrons. The Kier molecular flexibility index (Phi) is 3.88. The van der Waals surface area contributed by atoms with Gasteiger partial charge in [-0.15, -0.1) is 0 Å². The number of anilines is 1. The summed E-state index contributed by atoms with van der Waals surface area (Å²) in [6.45, 7) is 6.63. The van der Waals surface area contributed by atoms with Crippen LogP contribution in [0.1, 0.15) is 41.5 Å². The quantitative estimate of drug-likeness (QED) is 0.912. The molecule has 1 aromatic heterocycles. The first kappa shape index (κ1) is 14.6. The molecule has 1 aliphatic rings. The van der Waals surface area contributed by atoms with Crippen molar-refractivity contribution < 1.29 is 9.32 Å². The van der Waals surface area contributed by atoms with Gasteiger partial charge in [0.05, 0.1) is 6.04 Å². The number of likely N-dealkylation sites (tertiary alicyclic amines) is 1. The first-order chi connectivity index (χ1) is 10.5. The lowest BCUT2D eigenvalue weighted by Crippen LogP contribution is -2.34. The van der Waals surface area contributed by atoms with E-state index in [0.717, 1.165) is 47.7 Å². The predicted octanol–water partition coefficient (Wildman–Crippen LogP) is 3.97. The number of amides is 2. The molecule has 2 heterocycles. The summed E-state index contributed by atoms with van der Waals surface area (Å²) in [5, 5.41) is 7.10. The molecule has 22 heavy (non-hydrogen) atoms. The van der Waals surface area contributed by atoms with Gasteiger partial charge in [-0.1, -0.05) is 17.3 Å². The highest BCUT2D eigenvalue weighted by molar-refractivity contribution is 5.90. The van der Waals surface area contributed by atoms with Crippen molar-refractivity contribution in [3.63, 3.8) is 0 Å². The molecule has 0 radical (unpaired) electrons. The first-order valence-electron chi connectivity index (χ1n) is 7.62. The number of hydrogen-bond donors (Lipinski definition) is 1. The lowest BCUT2D eigenvalue weighted by Gasteiger charge is -2.24. The average Bonchev–Trinajstić information content (AvgIpc) is 3.11. The van der Waals surface area contributed by atoms with E-state index in [-0.39, 0.29) is 12.1 Å². The molecule has 0 saturated carbocycles. The summed E-state index contributed by atoms with van der Waals surface area (Å²) in [6, 6.07) is 7.90. The number of hydrogen-bond acceptors (Lipinski definition) is 3. The van der Waals surface area contributed by atoms with Crippen LogP contribution in [-0.2, 0) is 0 Å². The van der Waals surface area contributed by atoms with Crippen LogP contribution in [0.25, 0.3) is 0 Å². The number of rotatable bonds is 2. The highest BCUT2D eigenvalue weighted by atomic mass is 16.5. The molecule has 1 aromatic carbocycles. The van der Waals surface area contributed by atoms with Crippen molar-refractivity contribution in [3.05, 3.63) is 46.8 Å². The SMILES string of the molecule is Cc1ccc(C)c(NC(=O)N2CCC[C@@H]2c2cc(C)on2)c1. The molecule has 1 saturated heterocycles. The van der Waals surface area contributed by atoms with Gasteiger partial charge in [-0.2, -0.15) is 0 Å². The molecule has 2 aromatic rings. The second-order valence-electron chi connectivity index (χ2n) is 5.96. The molecule has 1 fully saturated rings. The van der Waals surface area contributed by atoms with Crippen molar-refractivity contribution in [2.45, 2.75) is 39.7 Å². The Bertz CT molecular complexity index is 693. The summed E-state index contributed by atoms with van der Waals surface area (Å²) < 4.78 is 5.15. The Morgan fingerprint density at radius 3 is 2.86 bits per heavy atom. The second kappa shape index (κ2) is 5.83. The first-order valence-corrected chi connectivity index (χ1v) is 7.62. The standard InChI is InChI=1S/C17H21N3O2/c1-11-6-7-12(2)14(9-11)18-17(21)20-8-4-5-16(20)15-10-13(3)22-19-15/h6-7,9-10,16H,4-5,8H2,1-3H3,(H,18,21)/t16-/m1/s1. The Balaban J connectivity index is 1.77. The normalized spacial score (nSPS) is 17.8. The van der Waals surface area contributed by atoms with Gasteiger partial charge in [0.1, 0.15) is 11.5 Å². The number of aryl methyl sites for hydroxylation is 3. The maximum Gasteiger partial charge on any atom is 0.322 e. The fourth-order valence-corrected chi connectivity index (χ4v) is 2.92. The average molecular weight is 299 g/mol. The van der Waals surface area contributed by atoms with Crippen molar-refractivity contribution in [3.8, 4) is 0 Å². The Labute approximate surface area is 130 Å². The lowest BCUT2D eigenvalue weighted by molar-refractivity contribution is 0.204. The monoisotopic (exact) mass is 299 g/mol. The molecular formula is C17H21N3O2. The van der Waals surface area contributed by atoms with E-state index in [1.165, 1.54) is 0 Å². The summed E-state index contributed by atoms with van der Waals surface area (Å²) in [7, 11) is 0. The topological polar surface area (TPSA) is 58.4 Å². The van der Waals surface area contributed by atoms with Gasteiger partial charge in [-0.25, -0.2) is 4.79 Å². The molecule has 3 rings (SSSR count). The molecule has 5 heteroatoms. The van der Waals surface area contributed by atoms with Crippen LogP contribution in [0, 0.1) is 20.8 Å². The smallest absolute Gasteiger partial charge is 0.322 e. The van der Waals surface area contributed by atoms with E-state index in [1.54, 1.807) is 0 Å². The molecule has 1 aliphatic heterocycles. The van der Waals surface area contributed by atoms with Crippen LogP contribution in [0.2, 0.25) is 0 Å². The highest BCUT2D eigenvalue weighted by Gasteiger charge is 2.32. The van der Waals surface area contributed by atoms with Gasteiger partial charge in [-0.3, -0.25) is 0 Å². The van der Waals surface area contributed by atoms with E-state index in [1.807, 2.05) is 49.9 Å². The number of nitrogens with one attached hydrogen (secondary N) is 1. The van der Waals surface area contributed by atoms with Crippen LogP contribution in [0.3, 0.4) is 0 Å². The van der Waals surface area contributed by atoms with Gasteiger partial charge >= 0.3 is 6.03 Å². The Hall–Kier alpha value is -2.30. The maximum absolute atomic E-state index is 12.6. The van der Waals surface area contributed by atoms with Crippen molar-refractivity contribution in [2.75, 3.05) is 11.9 Å². The highest BCUT2D eigenvalue weighted by Crippen LogP contribution is 2.32. The van der Waals surface area contributed by atoms with Crippen molar-refractivity contribution >= 4 is 11.7 Å². The minimum atomic E-state index is -0.0724. The largest absolute Gasteiger partial charge is 0.361 e. The van der Waals surface area contributed by atoms with E-state index in [2.05, 4.69) is 10.5 Å². The van der Waals surface area contributed by atoms with Crippen LogP contribution >= 0.6 is 0 Å². The van der Waals surface area contributed by atoms with Crippen molar-refractivity contribution in [1.29, 1.82) is 0 Å². The van der Waals surface area contributed by atoms with E-state index in [9.17, 15) is 4.79 Å². The van der Waals surface area contributed by atoms with Crippen LogP contribution < -0.4 is 5.32 Å². The molecule has 1 atom stereocenters. The molecule has 0 spiro atoms. The maximum atomic E-state index is 12.6. The zero-order valence-electron chi connectivity index (χ0n) is 13.2. The molecule has 0 aliphatic carbocycles. The van der Waals surface area contributed by atoms with Gasteiger partial charge in [0.15, 0.2) is 0 Å². The van der Waals surface area contributed by atoms with Crippen molar-refractivity contribution in [1.82, 2.24) is 10.1 Å². The number of benzene rings is 1. The number of urea groups is 1. The number of aromatic nitrogens is 1. The van der Waals surface area contributed by atoms with Crippen molar-refractivity contribution in [2.24, 2.45) is 0 Å². The third-order valence-corrected chi connectivity index (χ3v) is 4.14. The summed E-state index contributed by atoms with van der Waals surface area (Å²) >= 11 is 0. The third-order valence-electron chi connectivity index (χ3n) is 4.14. The van der Waals surface area contributed by atoms with Gasteiger partial charge in [0.25, 0.3) is 0 Å². The van der Waals surface area contributed by atoms with E-state index in [0.29, 0.717) is 0 Å².